The summed E-state index contributed by atoms with van der Waals surface area (Å²) >= 11 is 0. The lowest BCUT2D eigenvalue weighted by atomic mass is 10.0. The van der Waals surface area contributed by atoms with Crippen molar-refractivity contribution in [3.8, 4) is 0 Å². The molecule has 1 aromatic heterocycles. The highest BCUT2D eigenvalue weighted by molar-refractivity contribution is 5.95. The van der Waals surface area contributed by atoms with Crippen LogP contribution in [0.15, 0.2) is 30.5 Å². The van der Waals surface area contributed by atoms with Crippen LogP contribution in [0.4, 0.5) is 0 Å². The van der Waals surface area contributed by atoms with Gasteiger partial charge in [-0.15, -0.1) is 0 Å². The molecule has 2 rings (SSSR count). The van der Waals surface area contributed by atoms with Crippen LogP contribution in [0.3, 0.4) is 0 Å². The van der Waals surface area contributed by atoms with Gasteiger partial charge in [0, 0.05) is 36.4 Å². The molecule has 1 aromatic carbocycles. The van der Waals surface area contributed by atoms with Gasteiger partial charge in [0.2, 0.25) is 23.6 Å². The molecular formula is C24H32N6O9. The van der Waals surface area contributed by atoms with Crippen molar-refractivity contribution in [3.63, 3.8) is 0 Å². The molecule has 0 saturated carbocycles. The zero-order valence-electron chi connectivity index (χ0n) is 20.9. The Morgan fingerprint density at radius 1 is 0.846 bits per heavy atom. The highest BCUT2D eigenvalue weighted by atomic mass is 16.4. The average molecular weight is 549 g/mol. The maximum absolute atomic E-state index is 13.2. The average Bonchev–Trinajstić information content (AvgIpc) is 3.29. The summed E-state index contributed by atoms with van der Waals surface area (Å²) in [4.78, 5) is 74.8. The molecule has 15 nitrogen and oxygen atoms in total. The Morgan fingerprint density at radius 3 is 2.08 bits per heavy atom. The van der Waals surface area contributed by atoms with Gasteiger partial charge in [0.05, 0.1) is 12.6 Å². The molecule has 2 aromatic rings. The Labute approximate surface area is 222 Å². The second-order valence-electron chi connectivity index (χ2n) is 8.81. The van der Waals surface area contributed by atoms with E-state index in [4.69, 9.17) is 16.6 Å². The number of aromatic amines is 1. The third-order valence-corrected chi connectivity index (χ3v) is 5.85. The van der Waals surface area contributed by atoms with E-state index in [1.807, 2.05) is 6.07 Å². The second-order valence-corrected chi connectivity index (χ2v) is 8.81. The Morgan fingerprint density at radius 2 is 1.46 bits per heavy atom. The third-order valence-electron chi connectivity index (χ3n) is 5.85. The number of H-pyrrole nitrogens is 1. The normalized spacial score (nSPS) is 14.0. The first-order valence-corrected chi connectivity index (χ1v) is 12.0. The molecule has 0 bridgehead atoms. The lowest BCUT2D eigenvalue weighted by Gasteiger charge is -2.24. The van der Waals surface area contributed by atoms with Crippen molar-refractivity contribution in [3.05, 3.63) is 36.0 Å². The van der Waals surface area contributed by atoms with Crippen molar-refractivity contribution in [1.29, 1.82) is 0 Å². The molecule has 0 fully saturated rings. The number of amides is 4. The van der Waals surface area contributed by atoms with Crippen LogP contribution in [0.25, 0.3) is 10.9 Å². The Balaban J connectivity index is 2.21. The number of para-hydroxylation sites is 1. The fourth-order valence-electron chi connectivity index (χ4n) is 3.70. The van der Waals surface area contributed by atoms with E-state index in [1.54, 1.807) is 24.4 Å². The minimum absolute atomic E-state index is 0.0553. The molecular weight excluding hydrogens is 516 g/mol. The zero-order chi connectivity index (χ0) is 29.1. The van der Waals surface area contributed by atoms with Gasteiger partial charge in [-0.25, -0.2) is 4.79 Å². The van der Waals surface area contributed by atoms with Crippen LogP contribution < -0.4 is 27.4 Å². The molecule has 0 radical (unpaired) electrons. The van der Waals surface area contributed by atoms with Gasteiger partial charge in [-0.3, -0.25) is 24.0 Å². The van der Waals surface area contributed by atoms with Gasteiger partial charge in [-0.2, -0.15) is 0 Å². The number of nitrogens with two attached hydrogens (primary N) is 2. The van der Waals surface area contributed by atoms with Crippen molar-refractivity contribution in [2.45, 2.75) is 56.3 Å². The number of aromatic nitrogens is 1. The van der Waals surface area contributed by atoms with E-state index in [9.17, 15) is 39.0 Å². The molecule has 15 heteroatoms. The summed E-state index contributed by atoms with van der Waals surface area (Å²) < 4.78 is 0. The molecule has 4 unspecified atom stereocenters. The van der Waals surface area contributed by atoms with Crippen LogP contribution in [-0.4, -0.2) is 86.6 Å². The van der Waals surface area contributed by atoms with E-state index in [2.05, 4.69) is 20.9 Å². The van der Waals surface area contributed by atoms with E-state index < -0.39 is 79.2 Å². The van der Waals surface area contributed by atoms with Crippen LogP contribution in [0.2, 0.25) is 0 Å². The number of carbonyl (C=O) groups is 6. The van der Waals surface area contributed by atoms with Crippen molar-refractivity contribution in [2.24, 2.45) is 11.5 Å². The molecule has 0 saturated heterocycles. The molecule has 0 spiro atoms. The van der Waals surface area contributed by atoms with Gasteiger partial charge in [0.25, 0.3) is 0 Å². The molecule has 0 aliphatic rings. The highest BCUT2D eigenvalue weighted by Gasteiger charge is 2.31. The van der Waals surface area contributed by atoms with Crippen LogP contribution >= 0.6 is 0 Å². The van der Waals surface area contributed by atoms with Crippen LogP contribution in [-0.2, 0) is 35.2 Å². The van der Waals surface area contributed by atoms with E-state index in [0.29, 0.717) is 5.56 Å². The van der Waals surface area contributed by atoms with Crippen LogP contribution in [0.5, 0.6) is 0 Å². The molecule has 0 aliphatic heterocycles. The number of fused-ring (bicyclic) bond motifs is 1. The number of aliphatic hydroxyl groups excluding tert-OH is 1. The van der Waals surface area contributed by atoms with Crippen LogP contribution in [0.1, 0.15) is 31.2 Å². The van der Waals surface area contributed by atoms with E-state index in [-0.39, 0.29) is 19.3 Å². The van der Waals surface area contributed by atoms with Crippen molar-refractivity contribution < 1.29 is 44.1 Å². The maximum Gasteiger partial charge on any atom is 0.326 e. The number of carboxylic acids is 2. The monoisotopic (exact) mass is 548 g/mol. The number of primary amides is 1. The number of hydrogen-bond acceptors (Lipinski definition) is 8. The first kappa shape index (κ1) is 30.7. The Kier molecular flexibility index (Phi) is 11.4. The number of aliphatic carboxylic acids is 2. The summed E-state index contributed by atoms with van der Waals surface area (Å²) in [6.45, 7) is -0.922. The maximum atomic E-state index is 13.2. The van der Waals surface area contributed by atoms with Crippen molar-refractivity contribution in [1.82, 2.24) is 20.9 Å². The minimum Gasteiger partial charge on any atom is -0.481 e. The fourth-order valence-corrected chi connectivity index (χ4v) is 3.70. The number of rotatable bonds is 16. The van der Waals surface area contributed by atoms with Crippen LogP contribution in [0, 0.1) is 0 Å². The largest absolute Gasteiger partial charge is 0.481 e. The first-order chi connectivity index (χ1) is 18.4. The Hall–Kier alpha value is -4.50. The van der Waals surface area contributed by atoms with Gasteiger partial charge in [-0.1, -0.05) is 18.2 Å². The van der Waals surface area contributed by atoms with Crippen molar-refractivity contribution in [2.75, 3.05) is 6.61 Å². The Bertz CT molecular complexity index is 1210. The van der Waals surface area contributed by atoms with E-state index in [0.717, 1.165) is 10.9 Å². The smallest absolute Gasteiger partial charge is 0.326 e. The van der Waals surface area contributed by atoms with Gasteiger partial charge in [0.1, 0.15) is 18.1 Å². The summed E-state index contributed by atoms with van der Waals surface area (Å²) in [6.07, 6.45) is 0.387. The summed E-state index contributed by atoms with van der Waals surface area (Å²) in [5.74, 6) is -6.15. The molecule has 1 heterocycles. The van der Waals surface area contributed by atoms with Gasteiger partial charge >= 0.3 is 11.9 Å². The molecule has 0 aliphatic carbocycles. The lowest BCUT2D eigenvalue weighted by Crippen LogP contribution is -2.58. The SMILES string of the molecule is NC(=O)CCC(N)C(=O)NC(Cc1c[nH]c2ccccc12)C(=O)NC(CO)C(=O)NC(CCC(=O)O)C(=O)O. The summed E-state index contributed by atoms with van der Waals surface area (Å²) in [5, 5.41) is 35.4. The standard InChI is InChI=1S/C24H32N6O9/c25-14(5-7-19(26)32)21(35)29-17(9-12-10-27-15-4-2-1-3-13(12)15)22(36)30-18(11-31)23(37)28-16(24(38)39)6-8-20(33)34/h1-4,10,14,16-18,27,31H,5-9,11,25H2,(H2,26,32)(H,28,37)(H,29,35)(H,30,36)(H,33,34)(H,38,39). The topological polar surface area (TPSA) is 267 Å². The number of carboxylic acid groups (broad SMARTS) is 2. The molecule has 212 valence electrons. The number of benzene rings is 1. The third kappa shape index (κ3) is 9.39. The van der Waals surface area contributed by atoms with Gasteiger partial charge in [0.15, 0.2) is 0 Å². The highest BCUT2D eigenvalue weighted by Crippen LogP contribution is 2.19. The van der Waals surface area contributed by atoms with E-state index in [1.165, 1.54) is 0 Å². The number of carbonyl (C=O) groups excluding carboxylic acids is 4. The molecule has 4 atom stereocenters. The zero-order valence-corrected chi connectivity index (χ0v) is 20.9. The summed E-state index contributed by atoms with van der Waals surface area (Å²) in [7, 11) is 0. The van der Waals surface area contributed by atoms with E-state index >= 15 is 0 Å². The second kappa shape index (κ2) is 14.4. The van der Waals surface area contributed by atoms with Gasteiger partial charge < -0.3 is 47.7 Å². The molecule has 39 heavy (non-hydrogen) atoms. The predicted octanol–water partition coefficient (Wildman–Crippen LogP) is -2.30. The summed E-state index contributed by atoms with van der Waals surface area (Å²) in [5.41, 5.74) is 12.3. The number of hydrogen-bond donors (Lipinski definition) is 9. The molecule has 4 amide bonds. The minimum atomic E-state index is -1.62. The lowest BCUT2D eigenvalue weighted by molar-refractivity contribution is -0.143. The van der Waals surface area contributed by atoms with Gasteiger partial charge in [-0.05, 0) is 24.5 Å². The molecule has 11 N–H and O–H groups in total. The van der Waals surface area contributed by atoms with Crippen molar-refractivity contribution >= 4 is 46.5 Å². The quantitative estimate of drug-likeness (QED) is 0.108. The summed E-state index contributed by atoms with van der Waals surface area (Å²) in [6, 6.07) is 1.53. The predicted molar refractivity (Wildman–Crippen MR) is 136 cm³/mol. The fraction of sp³-hybridized carbons (Fsp3) is 0.417. The first-order valence-electron chi connectivity index (χ1n) is 12.0. The number of nitrogens with one attached hydrogen (secondary N) is 4. The number of aliphatic hydroxyl groups is 1.